The summed E-state index contributed by atoms with van der Waals surface area (Å²) < 4.78 is 12.9. The van der Waals surface area contributed by atoms with Crippen LogP contribution in [-0.2, 0) is 22.5 Å². The van der Waals surface area contributed by atoms with E-state index in [0.717, 1.165) is 63.2 Å². The van der Waals surface area contributed by atoms with Gasteiger partial charge in [0.15, 0.2) is 0 Å². The van der Waals surface area contributed by atoms with Gasteiger partial charge in [0.25, 0.3) is 0 Å². The molecule has 4 rings (SSSR count). The molecule has 5 nitrogen and oxygen atoms in total. The number of benzene rings is 4. The largest absolute Gasteiger partial charge is 1.00 e. The normalized spacial score (nSPS) is 12.2. The van der Waals surface area contributed by atoms with Crippen LogP contribution in [0.2, 0.25) is 0 Å². The highest BCUT2D eigenvalue weighted by Gasteiger charge is 2.12. The van der Waals surface area contributed by atoms with Crippen LogP contribution in [0.25, 0.3) is 22.3 Å². The van der Waals surface area contributed by atoms with Gasteiger partial charge in [0, 0.05) is 11.1 Å². The second kappa shape index (κ2) is 43.1. The molecule has 0 aliphatic rings. The monoisotopic (exact) mass is 1050 g/mol. The maximum absolute atomic E-state index is 6.46. The van der Waals surface area contributed by atoms with Crippen molar-refractivity contribution in [3.8, 4) is 33.8 Å². The second-order valence-corrected chi connectivity index (χ2v) is 21.1. The molecule has 0 spiro atoms. The summed E-state index contributed by atoms with van der Waals surface area (Å²) in [5, 5.41) is 0. The predicted molar refractivity (Wildman–Crippen MR) is 304 cm³/mol. The molecule has 2 N–H and O–H groups in total. The molecule has 0 aliphatic carbocycles. The van der Waals surface area contributed by atoms with Crippen molar-refractivity contribution in [2.24, 2.45) is 0 Å². The van der Waals surface area contributed by atoms with Crippen molar-refractivity contribution in [2.75, 3.05) is 13.2 Å². The molecule has 0 amide bonds. The van der Waals surface area contributed by atoms with Gasteiger partial charge < -0.3 is 26.5 Å². The molecule has 404 valence electrons. The topological polar surface area (TPSA) is 53.5 Å². The molecule has 6 heteroatoms. The molecular weight excluding hydrogens is 951 g/mol. The van der Waals surface area contributed by atoms with Crippen molar-refractivity contribution < 1.29 is 41.8 Å². The maximum atomic E-state index is 6.46. The average molecular weight is 1060 g/mol. The van der Waals surface area contributed by atoms with Crippen LogP contribution in [0, 0.1) is 0 Å². The number of nitrogens with two attached hydrogens (primary N) is 1. The molecule has 0 fully saturated rings. The SMILES string of the molecule is CCCCCCCCCCOc1cc(CCCCCCCCCC(C)O[NH2+]OC(C)CCCCCCCCCc2ccc(-c3ccccc3)c(OCCCCCCCCCC)c2)ccc1-c1ccccc1.[Br-]. The molecule has 4 aromatic rings. The Kier molecular flexibility index (Phi) is 37.8. The van der Waals surface area contributed by atoms with Crippen molar-refractivity contribution in [1.82, 2.24) is 0 Å². The second-order valence-electron chi connectivity index (χ2n) is 21.1. The van der Waals surface area contributed by atoms with Crippen LogP contribution in [0.15, 0.2) is 97.1 Å². The lowest BCUT2D eigenvalue weighted by molar-refractivity contribution is -1.08. The van der Waals surface area contributed by atoms with Crippen LogP contribution in [0.3, 0.4) is 0 Å². The van der Waals surface area contributed by atoms with Crippen LogP contribution in [0.4, 0.5) is 0 Å². The summed E-state index contributed by atoms with van der Waals surface area (Å²) >= 11 is 0. The van der Waals surface area contributed by atoms with E-state index in [2.05, 4.69) is 125 Å². The summed E-state index contributed by atoms with van der Waals surface area (Å²) in [7, 11) is 0. The Hall–Kier alpha value is -3.16. The Labute approximate surface area is 452 Å². The van der Waals surface area contributed by atoms with Crippen molar-refractivity contribution in [3.05, 3.63) is 108 Å². The van der Waals surface area contributed by atoms with Crippen molar-refractivity contribution >= 4 is 0 Å². The quantitative estimate of drug-likeness (QED) is 0.0354. The zero-order chi connectivity index (χ0) is 50.1. The molecule has 0 aromatic heterocycles. The van der Waals surface area contributed by atoms with E-state index in [-0.39, 0.29) is 29.2 Å². The fourth-order valence-electron chi connectivity index (χ4n) is 9.88. The van der Waals surface area contributed by atoms with Crippen LogP contribution in [-0.4, -0.2) is 25.4 Å². The molecule has 0 saturated carbocycles. The van der Waals surface area contributed by atoms with Gasteiger partial charge in [-0.15, -0.1) is 0 Å². The molecule has 72 heavy (non-hydrogen) atoms. The lowest BCUT2D eigenvalue weighted by atomic mass is 9.99. The summed E-state index contributed by atoms with van der Waals surface area (Å²) in [5.74, 6) is 2.11. The predicted octanol–water partition coefficient (Wildman–Crippen LogP) is 16.3. The third-order valence-electron chi connectivity index (χ3n) is 14.5. The summed E-state index contributed by atoms with van der Waals surface area (Å²) in [6.07, 6.45) is 43.9. The van der Waals surface area contributed by atoms with Gasteiger partial charge in [0.2, 0.25) is 0 Å². The highest BCUT2D eigenvalue weighted by atomic mass is 79.9. The fourth-order valence-corrected chi connectivity index (χ4v) is 9.88. The van der Waals surface area contributed by atoms with Gasteiger partial charge in [-0.2, -0.15) is 9.68 Å². The van der Waals surface area contributed by atoms with E-state index in [4.69, 9.17) is 19.1 Å². The van der Waals surface area contributed by atoms with E-state index >= 15 is 0 Å². The molecule has 0 saturated heterocycles. The van der Waals surface area contributed by atoms with Gasteiger partial charge in [-0.1, -0.05) is 271 Å². The number of hydrogen-bond acceptors (Lipinski definition) is 4. The number of rotatable bonds is 46. The molecule has 2 unspecified atom stereocenters. The number of unbranched alkanes of at least 4 members (excludes halogenated alkanes) is 26. The van der Waals surface area contributed by atoms with Gasteiger partial charge in [0.1, 0.15) is 23.7 Å². The minimum absolute atomic E-state index is 0. The van der Waals surface area contributed by atoms with Crippen molar-refractivity contribution in [1.29, 1.82) is 0 Å². The Morgan fingerprint density at radius 3 is 1.04 bits per heavy atom. The van der Waals surface area contributed by atoms with Gasteiger partial charge in [-0.25, -0.2) is 0 Å². The van der Waals surface area contributed by atoms with E-state index in [1.165, 1.54) is 213 Å². The van der Waals surface area contributed by atoms with E-state index in [1.807, 2.05) is 0 Å². The summed E-state index contributed by atoms with van der Waals surface area (Å²) in [6.45, 7) is 10.5. The van der Waals surface area contributed by atoms with Gasteiger partial charge in [0.05, 0.1) is 13.2 Å². The van der Waals surface area contributed by atoms with E-state index in [1.54, 1.807) is 5.64 Å². The van der Waals surface area contributed by atoms with Crippen LogP contribution in [0.5, 0.6) is 11.5 Å². The third-order valence-corrected chi connectivity index (χ3v) is 14.5. The maximum Gasteiger partial charge on any atom is 0.127 e. The smallest absolute Gasteiger partial charge is 0.127 e. The average Bonchev–Trinajstić information content (AvgIpc) is 3.39. The van der Waals surface area contributed by atoms with Crippen molar-refractivity contribution in [3.63, 3.8) is 0 Å². The van der Waals surface area contributed by atoms with Crippen molar-refractivity contribution in [2.45, 2.75) is 258 Å². The Bertz CT molecular complexity index is 1710. The lowest BCUT2D eigenvalue weighted by Crippen LogP contribution is -3.00. The highest BCUT2D eigenvalue weighted by Crippen LogP contribution is 2.33. The third kappa shape index (κ3) is 29.7. The summed E-state index contributed by atoms with van der Waals surface area (Å²) in [4.78, 5) is 11.9. The van der Waals surface area contributed by atoms with E-state index in [0.29, 0.717) is 0 Å². The molecule has 0 aliphatic heterocycles. The van der Waals surface area contributed by atoms with Crippen LogP contribution < -0.4 is 32.1 Å². The number of quaternary nitrogens is 1. The lowest BCUT2D eigenvalue weighted by Gasteiger charge is -2.14. The van der Waals surface area contributed by atoms with Gasteiger partial charge in [-0.05, 0) is 99.6 Å². The minimum Gasteiger partial charge on any atom is -1.00 e. The first kappa shape index (κ1) is 63.1. The van der Waals surface area contributed by atoms with E-state index in [9.17, 15) is 0 Å². The minimum atomic E-state index is 0. The first-order valence-electron chi connectivity index (χ1n) is 29.8. The molecule has 0 heterocycles. The van der Waals surface area contributed by atoms with Gasteiger partial charge >= 0.3 is 0 Å². The number of halogens is 1. The van der Waals surface area contributed by atoms with Crippen LogP contribution >= 0.6 is 0 Å². The standard InChI is InChI=1S/C66H104NO4.BrH/c1-5-7-9-11-13-21-27-39-53-68-65-55-59(49-51-63(65)61-45-35-29-36-46-61)43-33-25-19-15-17-23-31-41-57(3)70-67-71-58(4)42-32-24-18-16-20-26-34-44-60-50-52-64(62-47-37-30-38-48-62)66(56-60)69-54-40-28-22-14-12-10-8-6-2;/h29-30,35-38,45-52,55-58H,5-28,31-34,39-44,53-54,67H2,1-4H3;1H/q+1;/p-1. The van der Waals surface area contributed by atoms with Gasteiger partial charge in [-0.3, -0.25) is 0 Å². The fraction of sp³-hybridized carbons (Fsp3) is 0.636. The summed E-state index contributed by atoms with van der Waals surface area (Å²) in [6, 6.07) is 35.3. The number of aryl methyl sites for hydroxylation is 2. The zero-order valence-electron chi connectivity index (χ0n) is 46.4. The Morgan fingerprint density at radius 2 is 0.681 bits per heavy atom. The molecular formula is C66H104BrNO4. The highest BCUT2D eigenvalue weighted by molar-refractivity contribution is 5.71. The number of hydrogen-bond donors (Lipinski definition) is 1. The molecule has 0 bridgehead atoms. The molecule has 2 atom stereocenters. The van der Waals surface area contributed by atoms with Crippen LogP contribution in [0.1, 0.15) is 244 Å². The first-order valence-corrected chi connectivity index (χ1v) is 29.8. The first-order chi connectivity index (χ1) is 35.1. The van der Waals surface area contributed by atoms with E-state index < -0.39 is 0 Å². The molecule has 0 radical (unpaired) electrons. The Balaban J connectivity index is 0.0000137. The summed E-state index contributed by atoms with van der Waals surface area (Å²) in [5.41, 5.74) is 9.34. The zero-order valence-corrected chi connectivity index (χ0v) is 48.0. The Morgan fingerprint density at radius 1 is 0.361 bits per heavy atom. The molecule has 4 aromatic carbocycles. The number of ether oxygens (including phenoxy) is 2.